The quantitative estimate of drug-likeness (QED) is 0.244. The van der Waals surface area contributed by atoms with Crippen LogP contribution in [-0.2, 0) is 5.41 Å². The third-order valence-electron chi connectivity index (χ3n) is 8.00. The van der Waals surface area contributed by atoms with Gasteiger partial charge in [-0.05, 0) is 58.7 Å². The predicted molar refractivity (Wildman–Crippen MR) is 146 cm³/mol. The van der Waals surface area contributed by atoms with Gasteiger partial charge in [-0.1, -0.05) is 80.6 Å². The Morgan fingerprint density at radius 1 is 0.600 bits per heavy atom. The molecule has 2 heteroatoms. The largest absolute Gasteiger partial charge is 0.456 e. The molecule has 2 heterocycles. The van der Waals surface area contributed by atoms with Gasteiger partial charge in [-0.2, -0.15) is 0 Å². The van der Waals surface area contributed by atoms with E-state index in [2.05, 4.69) is 115 Å². The molecule has 0 radical (unpaired) electrons. The van der Waals surface area contributed by atoms with E-state index >= 15 is 0 Å². The van der Waals surface area contributed by atoms with Crippen molar-refractivity contribution in [2.75, 3.05) is 0 Å². The van der Waals surface area contributed by atoms with Gasteiger partial charge >= 0.3 is 0 Å². The number of benzene rings is 5. The van der Waals surface area contributed by atoms with Crippen LogP contribution in [0, 0.1) is 0 Å². The number of hydrogen-bond donors (Lipinski definition) is 0. The predicted octanol–water partition coefficient (Wildman–Crippen LogP) is 8.99. The van der Waals surface area contributed by atoms with Crippen molar-refractivity contribution in [1.29, 1.82) is 0 Å². The molecule has 0 unspecified atom stereocenters. The molecule has 0 aliphatic heterocycles. The van der Waals surface area contributed by atoms with E-state index in [1.807, 2.05) is 6.07 Å². The van der Waals surface area contributed by atoms with Crippen LogP contribution in [0.15, 0.2) is 108 Å². The minimum atomic E-state index is -0.000687. The maximum absolute atomic E-state index is 6.28. The van der Waals surface area contributed by atoms with Gasteiger partial charge in [0.2, 0.25) is 0 Å². The summed E-state index contributed by atoms with van der Waals surface area (Å²) >= 11 is 0. The first kappa shape index (κ1) is 19.1. The third kappa shape index (κ3) is 2.34. The molecule has 0 amide bonds. The fraction of sp³-hybridized carbons (Fsp3) is 0.0909. The first-order chi connectivity index (χ1) is 17.1. The van der Waals surface area contributed by atoms with Crippen LogP contribution in [0.5, 0.6) is 0 Å². The lowest BCUT2D eigenvalue weighted by Crippen LogP contribution is -2.14. The van der Waals surface area contributed by atoms with Gasteiger partial charge in [-0.15, -0.1) is 0 Å². The summed E-state index contributed by atoms with van der Waals surface area (Å²) in [5, 5.41) is 4.84. The van der Waals surface area contributed by atoms with Crippen molar-refractivity contribution in [3.63, 3.8) is 0 Å². The molecule has 5 aromatic carbocycles. The number of hydrogen-bond acceptors (Lipinski definition) is 1. The van der Waals surface area contributed by atoms with Crippen LogP contribution in [0.3, 0.4) is 0 Å². The van der Waals surface area contributed by atoms with Gasteiger partial charge in [0.15, 0.2) is 0 Å². The molecule has 8 rings (SSSR count). The maximum Gasteiger partial charge on any atom is 0.137 e. The average molecular weight is 450 g/mol. The maximum atomic E-state index is 6.28. The van der Waals surface area contributed by atoms with Crippen molar-refractivity contribution in [2.24, 2.45) is 0 Å². The summed E-state index contributed by atoms with van der Waals surface area (Å²) < 4.78 is 8.72. The Labute approximate surface area is 203 Å². The average Bonchev–Trinajstić information content (AvgIpc) is 3.50. The molecule has 0 saturated heterocycles. The Hall–Kier alpha value is -4.30. The first-order valence-corrected chi connectivity index (χ1v) is 12.2. The first-order valence-electron chi connectivity index (χ1n) is 12.2. The lowest BCUT2D eigenvalue weighted by atomic mass is 9.82. The van der Waals surface area contributed by atoms with Crippen molar-refractivity contribution in [3.05, 3.63) is 114 Å². The lowest BCUT2D eigenvalue weighted by molar-refractivity contribution is 0.660. The van der Waals surface area contributed by atoms with E-state index in [9.17, 15) is 0 Å². The zero-order valence-corrected chi connectivity index (χ0v) is 19.7. The van der Waals surface area contributed by atoms with Gasteiger partial charge in [0.25, 0.3) is 0 Å². The van der Waals surface area contributed by atoms with Crippen LogP contribution in [0.1, 0.15) is 25.0 Å². The Bertz CT molecular complexity index is 1980. The molecule has 2 nitrogen and oxygen atoms in total. The summed E-state index contributed by atoms with van der Waals surface area (Å²) in [5.74, 6) is 0. The number of nitrogens with zero attached hydrogens (tertiary/aromatic N) is 1. The summed E-state index contributed by atoms with van der Waals surface area (Å²) in [4.78, 5) is 0. The highest BCUT2D eigenvalue weighted by atomic mass is 16.3. The summed E-state index contributed by atoms with van der Waals surface area (Å²) in [7, 11) is 0. The number of furan rings is 1. The zero-order valence-electron chi connectivity index (χ0n) is 19.7. The van der Waals surface area contributed by atoms with Crippen LogP contribution >= 0.6 is 0 Å². The van der Waals surface area contributed by atoms with Gasteiger partial charge < -0.3 is 8.98 Å². The monoisotopic (exact) mass is 449 g/mol. The molecule has 0 spiro atoms. The molecule has 2 aromatic heterocycles. The van der Waals surface area contributed by atoms with Crippen LogP contribution in [0.2, 0.25) is 0 Å². The van der Waals surface area contributed by atoms with Crippen LogP contribution in [-0.4, -0.2) is 4.57 Å². The highest BCUT2D eigenvalue weighted by Gasteiger charge is 2.35. The van der Waals surface area contributed by atoms with Gasteiger partial charge in [0, 0.05) is 27.3 Å². The molecule has 35 heavy (non-hydrogen) atoms. The molecule has 0 N–H and O–H groups in total. The van der Waals surface area contributed by atoms with E-state index in [0.717, 1.165) is 16.6 Å². The van der Waals surface area contributed by atoms with E-state index in [0.29, 0.717) is 0 Å². The fourth-order valence-electron chi connectivity index (χ4n) is 6.38. The molecule has 166 valence electrons. The van der Waals surface area contributed by atoms with E-state index < -0.39 is 0 Å². The second-order valence-corrected chi connectivity index (χ2v) is 10.2. The van der Waals surface area contributed by atoms with Crippen LogP contribution < -0.4 is 0 Å². The van der Waals surface area contributed by atoms with Gasteiger partial charge in [-0.25, -0.2) is 0 Å². The van der Waals surface area contributed by atoms with E-state index in [1.54, 1.807) is 0 Å². The van der Waals surface area contributed by atoms with Crippen molar-refractivity contribution < 1.29 is 4.42 Å². The fourth-order valence-corrected chi connectivity index (χ4v) is 6.38. The number of rotatable bonds is 1. The summed E-state index contributed by atoms with van der Waals surface area (Å²) in [6.07, 6.45) is 0. The van der Waals surface area contributed by atoms with Gasteiger partial charge in [0.05, 0.1) is 16.4 Å². The van der Waals surface area contributed by atoms with Gasteiger partial charge in [0.1, 0.15) is 11.2 Å². The smallest absolute Gasteiger partial charge is 0.137 e. The van der Waals surface area contributed by atoms with Crippen molar-refractivity contribution in [2.45, 2.75) is 19.3 Å². The number of aromatic nitrogens is 1. The molecule has 0 atom stereocenters. The Balaban J connectivity index is 1.54. The Morgan fingerprint density at radius 2 is 1.34 bits per heavy atom. The summed E-state index contributed by atoms with van der Waals surface area (Å²) in [6, 6.07) is 37.3. The van der Waals surface area contributed by atoms with E-state index in [4.69, 9.17) is 4.42 Å². The van der Waals surface area contributed by atoms with E-state index in [1.165, 1.54) is 55.1 Å². The zero-order chi connectivity index (χ0) is 23.3. The molecular weight excluding hydrogens is 426 g/mol. The normalized spacial score (nSPS) is 14.2. The van der Waals surface area contributed by atoms with Crippen molar-refractivity contribution in [3.8, 4) is 16.8 Å². The molecular formula is C33H23NO. The topological polar surface area (TPSA) is 18.1 Å². The molecule has 1 aliphatic rings. The second-order valence-electron chi connectivity index (χ2n) is 10.2. The van der Waals surface area contributed by atoms with Gasteiger partial charge in [-0.3, -0.25) is 0 Å². The molecule has 0 fully saturated rings. The highest BCUT2D eigenvalue weighted by molar-refractivity contribution is 6.24. The summed E-state index contributed by atoms with van der Waals surface area (Å²) in [5.41, 5.74) is 10.9. The van der Waals surface area contributed by atoms with Crippen LogP contribution in [0.25, 0.3) is 60.6 Å². The molecule has 1 aliphatic carbocycles. The van der Waals surface area contributed by atoms with E-state index in [-0.39, 0.29) is 5.41 Å². The Morgan fingerprint density at radius 3 is 2.26 bits per heavy atom. The number of para-hydroxylation sites is 2. The van der Waals surface area contributed by atoms with Crippen molar-refractivity contribution in [1.82, 2.24) is 4.57 Å². The highest BCUT2D eigenvalue weighted by Crippen LogP contribution is 2.49. The summed E-state index contributed by atoms with van der Waals surface area (Å²) in [6.45, 7) is 4.66. The second kappa shape index (κ2) is 6.43. The molecule has 0 saturated carbocycles. The van der Waals surface area contributed by atoms with Crippen LogP contribution in [0.4, 0.5) is 0 Å². The van der Waals surface area contributed by atoms with Crippen molar-refractivity contribution >= 4 is 43.7 Å². The minimum absolute atomic E-state index is 0.000687. The molecule has 0 bridgehead atoms. The third-order valence-corrected chi connectivity index (χ3v) is 8.00. The lowest BCUT2D eigenvalue weighted by Gasteiger charge is -2.21. The molecule has 7 aromatic rings. The Kier molecular flexibility index (Phi) is 3.50. The number of fused-ring (bicyclic) bond motifs is 10. The SMILES string of the molecule is CC1(C)c2ccccc2-c2cc(-n3c4ccccc4c4ccc5oc6ccccc6c5c43)ccc21. The minimum Gasteiger partial charge on any atom is -0.456 e. The standard InChI is InChI=1S/C33H23NO/c1-33(2)26-12-6-3-9-21(26)25-19-20(15-17-27(25)33)34-28-13-7-4-10-22(28)23-16-18-30-31(32(23)34)24-11-5-8-14-29(24)35-30/h3-19H,1-2H3.